The van der Waals surface area contributed by atoms with Gasteiger partial charge in [-0.05, 0) is 27.3 Å². The molecular formula is C11H21N3O2. The highest BCUT2D eigenvalue weighted by molar-refractivity contribution is 5.81. The number of amides is 2. The van der Waals surface area contributed by atoms with E-state index in [-0.39, 0.29) is 23.9 Å². The standard InChI is InChI=1S/C11H21N3O2/c1-8(13-11(16)9(2)12-3)7-14-6-4-5-10(14)15/h8-9,12H,4-7H2,1-3H3,(H,13,16). The van der Waals surface area contributed by atoms with Crippen LogP contribution in [0.15, 0.2) is 0 Å². The molecule has 2 amide bonds. The number of nitrogens with zero attached hydrogens (tertiary/aromatic N) is 1. The fraction of sp³-hybridized carbons (Fsp3) is 0.818. The van der Waals surface area contributed by atoms with E-state index in [1.165, 1.54) is 0 Å². The van der Waals surface area contributed by atoms with Crippen LogP contribution in [0, 0.1) is 0 Å². The number of carbonyl (C=O) groups is 2. The minimum Gasteiger partial charge on any atom is -0.351 e. The molecule has 1 heterocycles. The van der Waals surface area contributed by atoms with Crippen LogP contribution in [0.25, 0.3) is 0 Å². The number of likely N-dealkylation sites (N-methyl/N-ethyl adjacent to an activating group) is 1. The summed E-state index contributed by atoms with van der Waals surface area (Å²) in [4.78, 5) is 24.8. The Morgan fingerprint density at radius 1 is 1.50 bits per heavy atom. The average Bonchev–Trinajstić information content (AvgIpc) is 2.63. The molecule has 16 heavy (non-hydrogen) atoms. The maximum Gasteiger partial charge on any atom is 0.237 e. The zero-order valence-electron chi connectivity index (χ0n) is 10.2. The number of hydrogen-bond acceptors (Lipinski definition) is 3. The normalized spacial score (nSPS) is 19.7. The lowest BCUT2D eigenvalue weighted by Gasteiger charge is -2.23. The molecule has 0 radical (unpaired) electrons. The lowest BCUT2D eigenvalue weighted by atomic mass is 10.2. The molecule has 0 saturated carbocycles. The summed E-state index contributed by atoms with van der Waals surface area (Å²) < 4.78 is 0. The largest absolute Gasteiger partial charge is 0.351 e. The minimum absolute atomic E-state index is 0.00495. The third-order valence-electron chi connectivity index (χ3n) is 2.88. The first-order valence-corrected chi connectivity index (χ1v) is 5.80. The van der Waals surface area contributed by atoms with E-state index in [4.69, 9.17) is 0 Å². The first kappa shape index (κ1) is 13.0. The van der Waals surface area contributed by atoms with Crippen molar-refractivity contribution in [2.45, 2.75) is 38.8 Å². The van der Waals surface area contributed by atoms with Crippen molar-refractivity contribution in [2.24, 2.45) is 0 Å². The number of nitrogens with one attached hydrogen (secondary N) is 2. The van der Waals surface area contributed by atoms with E-state index in [0.29, 0.717) is 13.0 Å². The van der Waals surface area contributed by atoms with Gasteiger partial charge in [0.05, 0.1) is 6.04 Å². The monoisotopic (exact) mass is 227 g/mol. The van der Waals surface area contributed by atoms with Crippen molar-refractivity contribution in [2.75, 3.05) is 20.1 Å². The van der Waals surface area contributed by atoms with Crippen LogP contribution in [0.5, 0.6) is 0 Å². The van der Waals surface area contributed by atoms with Gasteiger partial charge < -0.3 is 15.5 Å². The first-order chi connectivity index (χ1) is 7.54. The molecule has 0 aromatic heterocycles. The Hall–Kier alpha value is -1.10. The van der Waals surface area contributed by atoms with Crippen LogP contribution in [0.3, 0.4) is 0 Å². The predicted octanol–water partition coefficient (Wildman–Crippen LogP) is -0.279. The van der Waals surface area contributed by atoms with Gasteiger partial charge in [0.25, 0.3) is 0 Å². The third kappa shape index (κ3) is 3.48. The summed E-state index contributed by atoms with van der Waals surface area (Å²) >= 11 is 0. The molecule has 2 atom stereocenters. The van der Waals surface area contributed by atoms with Gasteiger partial charge in [0, 0.05) is 25.6 Å². The average molecular weight is 227 g/mol. The molecule has 5 heteroatoms. The molecule has 0 aliphatic carbocycles. The van der Waals surface area contributed by atoms with Gasteiger partial charge in [-0.2, -0.15) is 0 Å². The van der Waals surface area contributed by atoms with E-state index in [1.54, 1.807) is 7.05 Å². The summed E-state index contributed by atoms with van der Waals surface area (Å²) in [5.74, 6) is 0.171. The zero-order chi connectivity index (χ0) is 12.1. The van der Waals surface area contributed by atoms with Crippen molar-refractivity contribution in [3.8, 4) is 0 Å². The first-order valence-electron chi connectivity index (χ1n) is 5.80. The second-order valence-corrected chi connectivity index (χ2v) is 4.36. The maximum absolute atomic E-state index is 11.6. The van der Waals surface area contributed by atoms with Crippen molar-refractivity contribution in [1.29, 1.82) is 0 Å². The molecule has 1 fully saturated rings. The SMILES string of the molecule is CNC(C)C(=O)NC(C)CN1CCCC1=O. The Balaban J connectivity index is 2.32. The molecule has 92 valence electrons. The van der Waals surface area contributed by atoms with Crippen molar-refractivity contribution >= 4 is 11.8 Å². The Morgan fingerprint density at radius 2 is 2.19 bits per heavy atom. The number of likely N-dealkylation sites (tertiary alicyclic amines) is 1. The second-order valence-electron chi connectivity index (χ2n) is 4.36. The molecule has 2 N–H and O–H groups in total. The van der Waals surface area contributed by atoms with Gasteiger partial charge in [0.1, 0.15) is 0 Å². The molecule has 0 bridgehead atoms. The Morgan fingerprint density at radius 3 is 2.69 bits per heavy atom. The molecule has 5 nitrogen and oxygen atoms in total. The quantitative estimate of drug-likeness (QED) is 0.679. The van der Waals surface area contributed by atoms with Gasteiger partial charge in [0.2, 0.25) is 11.8 Å². The summed E-state index contributed by atoms with van der Waals surface area (Å²) in [6.07, 6.45) is 1.58. The summed E-state index contributed by atoms with van der Waals surface area (Å²) in [7, 11) is 1.75. The smallest absolute Gasteiger partial charge is 0.237 e. The molecule has 1 rings (SSSR count). The maximum atomic E-state index is 11.6. The molecule has 1 saturated heterocycles. The number of carbonyl (C=O) groups excluding carboxylic acids is 2. The fourth-order valence-electron chi connectivity index (χ4n) is 1.77. The van der Waals surface area contributed by atoms with Gasteiger partial charge >= 0.3 is 0 Å². The van der Waals surface area contributed by atoms with Crippen molar-refractivity contribution < 1.29 is 9.59 Å². The van der Waals surface area contributed by atoms with Crippen LogP contribution in [-0.2, 0) is 9.59 Å². The van der Waals surface area contributed by atoms with Crippen LogP contribution in [0.2, 0.25) is 0 Å². The summed E-state index contributed by atoms with van der Waals surface area (Å²) in [6, 6.07) is -0.193. The summed E-state index contributed by atoms with van der Waals surface area (Å²) in [6.45, 7) is 5.16. The Labute approximate surface area is 96.6 Å². The highest BCUT2D eigenvalue weighted by Gasteiger charge is 2.22. The molecule has 0 aromatic carbocycles. The molecule has 0 spiro atoms. The summed E-state index contributed by atoms with van der Waals surface area (Å²) in [5, 5.41) is 5.76. The van der Waals surface area contributed by atoms with E-state index in [2.05, 4.69) is 10.6 Å². The molecule has 1 aliphatic rings. The highest BCUT2D eigenvalue weighted by atomic mass is 16.2. The summed E-state index contributed by atoms with van der Waals surface area (Å²) in [5.41, 5.74) is 0. The van der Waals surface area contributed by atoms with Crippen LogP contribution in [-0.4, -0.2) is 48.9 Å². The van der Waals surface area contributed by atoms with E-state index in [0.717, 1.165) is 13.0 Å². The van der Waals surface area contributed by atoms with Crippen LogP contribution in [0.1, 0.15) is 26.7 Å². The van der Waals surface area contributed by atoms with Crippen molar-refractivity contribution in [3.05, 3.63) is 0 Å². The van der Waals surface area contributed by atoms with Gasteiger partial charge in [-0.3, -0.25) is 9.59 Å². The minimum atomic E-state index is -0.197. The lowest BCUT2D eigenvalue weighted by molar-refractivity contribution is -0.129. The highest BCUT2D eigenvalue weighted by Crippen LogP contribution is 2.09. The number of rotatable bonds is 5. The predicted molar refractivity (Wildman–Crippen MR) is 61.9 cm³/mol. The van der Waals surface area contributed by atoms with Crippen LogP contribution >= 0.6 is 0 Å². The van der Waals surface area contributed by atoms with Gasteiger partial charge in [-0.25, -0.2) is 0 Å². The second kappa shape index (κ2) is 5.84. The van der Waals surface area contributed by atoms with Gasteiger partial charge in [0.15, 0.2) is 0 Å². The van der Waals surface area contributed by atoms with Gasteiger partial charge in [-0.1, -0.05) is 0 Å². The molecule has 0 aromatic rings. The van der Waals surface area contributed by atoms with Gasteiger partial charge in [-0.15, -0.1) is 0 Å². The zero-order valence-corrected chi connectivity index (χ0v) is 10.2. The van der Waals surface area contributed by atoms with Crippen LogP contribution < -0.4 is 10.6 Å². The van der Waals surface area contributed by atoms with Crippen molar-refractivity contribution in [3.63, 3.8) is 0 Å². The van der Waals surface area contributed by atoms with E-state index >= 15 is 0 Å². The number of hydrogen-bond donors (Lipinski definition) is 2. The van der Waals surface area contributed by atoms with Crippen LogP contribution in [0.4, 0.5) is 0 Å². The Bertz CT molecular complexity index is 268. The lowest BCUT2D eigenvalue weighted by Crippen LogP contribution is -2.48. The topological polar surface area (TPSA) is 61.4 Å². The third-order valence-corrected chi connectivity index (χ3v) is 2.88. The van der Waals surface area contributed by atoms with E-state index in [9.17, 15) is 9.59 Å². The molecule has 1 aliphatic heterocycles. The molecule has 2 unspecified atom stereocenters. The van der Waals surface area contributed by atoms with E-state index in [1.807, 2.05) is 18.7 Å². The van der Waals surface area contributed by atoms with Crippen molar-refractivity contribution in [1.82, 2.24) is 15.5 Å². The van der Waals surface area contributed by atoms with E-state index < -0.39 is 0 Å². The molecular weight excluding hydrogens is 206 g/mol. The Kier molecular flexibility index (Phi) is 4.73. The fourth-order valence-corrected chi connectivity index (χ4v) is 1.77.